The number of hydrogen-bond acceptors (Lipinski definition) is 6. The molecular weight excluding hydrogens is 985 g/mol. The lowest BCUT2D eigenvalue weighted by atomic mass is 10.0. The van der Waals surface area contributed by atoms with E-state index in [1.54, 1.807) is 0 Å². The summed E-state index contributed by atoms with van der Waals surface area (Å²) in [5, 5.41) is 0. The lowest BCUT2D eigenvalue weighted by Gasteiger charge is -2.18. The van der Waals surface area contributed by atoms with Gasteiger partial charge < -0.3 is 14.2 Å². The smallest absolute Gasteiger partial charge is 0.306 e. The normalized spacial score (nSPS) is 12.4. The molecular formula is C74H134O6. The summed E-state index contributed by atoms with van der Waals surface area (Å²) in [5.41, 5.74) is 0. The molecule has 0 heterocycles. The molecule has 1 atom stereocenters. The molecule has 1 unspecified atom stereocenters. The van der Waals surface area contributed by atoms with Gasteiger partial charge in [0.2, 0.25) is 0 Å². The molecule has 0 N–H and O–H groups in total. The van der Waals surface area contributed by atoms with Crippen LogP contribution in [0.3, 0.4) is 0 Å². The molecule has 0 saturated carbocycles. The van der Waals surface area contributed by atoms with Crippen LogP contribution in [-0.4, -0.2) is 37.2 Å². The van der Waals surface area contributed by atoms with Crippen molar-refractivity contribution in [3.05, 3.63) is 60.8 Å². The van der Waals surface area contributed by atoms with Crippen LogP contribution in [-0.2, 0) is 28.6 Å². The van der Waals surface area contributed by atoms with Gasteiger partial charge in [-0.25, -0.2) is 0 Å². The molecule has 0 aromatic heterocycles. The number of carbonyl (C=O) groups excluding carboxylic acids is 3. The largest absolute Gasteiger partial charge is 0.462 e. The summed E-state index contributed by atoms with van der Waals surface area (Å²) in [6.07, 6.45) is 88.5. The van der Waals surface area contributed by atoms with E-state index in [0.717, 1.165) is 83.5 Å². The van der Waals surface area contributed by atoms with Crippen LogP contribution in [0, 0.1) is 0 Å². The van der Waals surface area contributed by atoms with Crippen molar-refractivity contribution in [3.63, 3.8) is 0 Å². The van der Waals surface area contributed by atoms with Crippen LogP contribution in [0.25, 0.3) is 0 Å². The Morgan fingerprint density at radius 2 is 0.487 bits per heavy atom. The van der Waals surface area contributed by atoms with E-state index in [1.807, 2.05) is 0 Å². The van der Waals surface area contributed by atoms with E-state index in [4.69, 9.17) is 14.2 Å². The highest BCUT2D eigenvalue weighted by Gasteiger charge is 2.19. The summed E-state index contributed by atoms with van der Waals surface area (Å²) >= 11 is 0. The van der Waals surface area contributed by atoms with Crippen molar-refractivity contribution in [2.75, 3.05) is 13.2 Å². The number of hydrogen-bond donors (Lipinski definition) is 0. The standard InChI is InChI=1S/C74H134O6/c1-4-7-10-13-16-19-21-23-25-27-29-30-31-32-33-34-35-36-37-38-39-40-41-42-43-44-45-47-48-50-52-55-58-61-64-67-73(76)79-70-71(69-78-72(75)66-63-60-57-54-18-15-12-9-6-3)80-74(77)68-65-62-59-56-53-51-49-46-28-26-24-22-20-17-14-11-8-5-2/h7,10,16,19,23,25-26,28-30,71H,4-6,8-9,11-15,17-18,20-22,24,27,31-70H2,1-3H3/b10-7-,19-16-,25-23-,28-26-,30-29-. The Morgan fingerprint density at radius 3 is 0.775 bits per heavy atom. The van der Waals surface area contributed by atoms with Gasteiger partial charge in [-0.2, -0.15) is 0 Å². The molecule has 80 heavy (non-hydrogen) atoms. The Bertz CT molecular complexity index is 1430. The SMILES string of the molecule is CC/C=C\C/C=C\C/C=C\C/C=C\CCCCCCCCCCCCCCCCCCCCCCCCC(=O)OCC(COC(=O)CCCCCCCCCCC)OC(=O)CCCCCCCCC/C=C\CCCCCCCCC. The van der Waals surface area contributed by atoms with Crippen LogP contribution >= 0.6 is 0 Å². The summed E-state index contributed by atoms with van der Waals surface area (Å²) in [4.78, 5) is 38.2. The topological polar surface area (TPSA) is 78.9 Å². The fourth-order valence-corrected chi connectivity index (χ4v) is 10.5. The Kier molecular flexibility index (Phi) is 66.1. The van der Waals surface area contributed by atoms with Crippen LogP contribution in [0.4, 0.5) is 0 Å². The lowest BCUT2D eigenvalue weighted by Crippen LogP contribution is -2.30. The minimum Gasteiger partial charge on any atom is -0.462 e. The molecule has 6 nitrogen and oxygen atoms in total. The van der Waals surface area contributed by atoms with E-state index in [1.165, 1.54) is 250 Å². The van der Waals surface area contributed by atoms with E-state index in [0.29, 0.717) is 19.3 Å². The molecule has 0 aliphatic heterocycles. The maximum Gasteiger partial charge on any atom is 0.306 e. The zero-order chi connectivity index (χ0) is 57.8. The molecule has 0 bridgehead atoms. The fourth-order valence-electron chi connectivity index (χ4n) is 10.5. The Morgan fingerprint density at radius 1 is 0.263 bits per heavy atom. The predicted molar refractivity (Wildman–Crippen MR) is 348 cm³/mol. The van der Waals surface area contributed by atoms with Crippen LogP contribution in [0.15, 0.2) is 60.8 Å². The van der Waals surface area contributed by atoms with Crippen LogP contribution in [0.5, 0.6) is 0 Å². The van der Waals surface area contributed by atoms with Gasteiger partial charge in [-0.3, -0.25) is 14.4 Å². The molecule has 0 aliphatic carbocycles. The van der Waals surface area contributed by atoms with Gasteiger partial charge in [0.1, 0.15) is 13.2 Å². The summed E-state index contributed by atoms with van der Waals surface area (Å²) in [6, 6.07) is 0. The number of ether oxygens (including phenoxy) is 3. The van der Waals surface area contributed by atoms with Gasteiger partial charge in [-0.15, -0.1) is 0 Å². The van der Waals surface area contributed by atoms with Gasteiger partial charge in [0.15, 0.2) is 6.10 Å². The van der Waals surface area contributed by atoms with Gasteiger partial charge >= 0.3 is 17.9 Å². The second-order valence-electron chi connectivity index (χ2n) is 23.8. The quantitative estimate of drug-likeness (QED) is 0.0261. The molecule has 0 aromatic rings. The highest BCUT2D eigenvalue weighted by Crippen LogP contribution is 2.18. The zero-order valence-corrected chi connectivity index (χ0v) is 53.6. The van der Waals surface area contributed by atoms with Crippen LogP contribution < -0.4 is 0 Å². The Labute approximate surface area is 498 Å². The monoisotopic (exact) mass is 1120 g/mol. The van der Waals surface area contributed by atoms with Gasteiger partial charge in [0.25, 0.3) is 0 Å². The molecule has 0 fully saturated rings. The van der Waals surface area contributed by atoms with Crippen LogP contribution in [0.2, 0.25) is 0 Å². The van der Waals surface area contributed by atoms with Crippen molar-refractivity contribution >= 4 is 17.9 Å². The minimum absolute atomic E-state index is 0.0694. The van der Waals surface area contributed by atoms with Crippen LogP contribution in [0.1, 0.15) is 374 Å². The average molecular weight is 1120 g/mol. The number of esters is 3. The number of rotatable bonds is 65. The van der Waals surface area contributed by atoms with E-state index < -0.39 is 6.10 Å². The molecule has 6 heteroatoms. The van der Waals surface area contributed by atoms with Crippen molar-refractivity contribution in [3.8, 4) is 0 Å². The molecule has 0 aliphatic rings. The summed E-state index contributed by atoms with van der Waals surface area (Å²) in [6.45, 7) is 6.56. The van der Waals surface area contributed by atoms with E-state index >= 15 is 0 Å². The van der Waals surface area contributed by atoms with Crippen molar-refractivity contribution in [2.24, 2.45) is 0 Å². The number of carbonyl (C=O) groups is 3. The summed E-state index contributed by atoms with van der Waals surface area (Å²) in [5.74, 6) is -0.853. The van der Waals surface area contributed by atoms with Crippen molar-refractivity contribution in [1.29, 1.82) is 0 Å². The van der Waals surface area contributed by atoms with E-state index in [2.05, 4.69) is 81.5 Å². The molecule has 466 valence electrons. The third-order valence-corrected chi connectivity index (χ3v) is 15.8. The van der Waals surface area contributed by atoms with E-state index in [-0.39, 0.29) is 31.1 Å². The average Bonchev–Trinajstić information content (AvgIpc) is 3.46. The molecule has 0 amide bonds. The Balaban J connectivity index is 4.01. The second-order valence-corrected chi connectivity index (χ2v) is 23.8. The molecule has 0 spiro atoms. The minimum atomic E-state index is -0.771. The fraction of sp³-hybridized carbons (Fsp3) is 0.824. The van der Waals surface area contributed by atoms with E-state index in [9.17, 15) is 14.4 Å². The van der Waals surface area contributed by atoms with Gasteiger partial charge in [0.05, 0.1) is 0 Å². The highest BCUT2D eigenvalue weighted by molar-refractivity contribution is 5.71. The number of allylic oxidation sites excluding steroid dienone is 10. The first-order valence-corrected chi connectivity index (χ1v) is 35.3. The Hall–Kier alpha value is -2.89. The third-order valence-electron chi connectivity index (χ3n) is 15.8. The van der Waals surface area contributed by atoms with Crippen molar-refractivity contribution < 1.29 is 28.6 Å². The molecule has 0 radical (unpaired) electrons. The van der Waals surface area contributed by atoms with Gasteiger partial charge in [0, 0.05) is 19.3 Å². The van der Waals surface area contributed by atoms with Crippen molar-refractivity contribution in [1.82, 2.24) is 0 Å². The molecule has 0 rings (SSSR count). The molecule has 0 aromatic carbocycles. The zero-order valence-electron chi connectivity index (χ0n) is 53.6. The van der Waals surface area contributed by atoms with Gasteiger partial charge in [-0.1, -0.05) is 332 Å². The second kappa shape index (κ2) is 68.6. The van der Waals surface area contributed by atoms with Crippen molar-refractivity contribution in [2.45, 2.75) is 380 Å². The summed E-state index contributed by atoms with van der Waals surface area (Å²) < 4.78 is 16.9. The lowest BCUT2D eigenvalue weighted by molar-refractivity contribution is -0.167. The third kappa shape index (κ3) is 65.9. The number of unbranched alkanes of at least 4 members (excludes halogenated alkanes) is 44. The highest BCUT2D eigenvalue weighted by atomic mass is 16.6. The first-order valence-electron chi connectivity index (χ1n) is 35.3. The molecule has 0 saturated heterocycles. The first kappa shape index (κ1) is 77.1. The summed E-state index contributed by atoms with van der Waals surface area (Å²) in [7, 11) is 0. The maximum absolute atomic E-state index is 12.9. The predicted octanol–water partition coefficient (Wildman–Crippen LogP) is 24.3. The first-order chi connectivity index (χ1) is 39.5. The van der Waals surface area contributed by atoms with Gasteiger partial charge in [-0.05, 0) is 83.5 Å². The maximum atomic E-state index is 12.9.